The first kappa shape index (κ1) is 12.7. The molecule has 5 aliphatic rings. The van der Waals surface area contributed by atoms with Crippen molar-refractivity contribution < 1.29 is 9.53 Å². The maximum atomic E-state index is 12.3. The predicted molar refractivity (Wildman–Crippen MR) is 76.5 cm³/mol. The first-order valence-electron chi connectivity index (χ1n) is 8.17. The van der Waals surface area contributed by atoms with Crippen molar-refractivity contribution in [3.63, 3.8) is 0 Å². The molecule has 1 aliphatic carbocycles. The molecule has 110 valence electrons. The molecule has 4 saturated heterocycles. The van der Waals surface area contributed by atoms with Crippen molar-refractivity contribution in [3.8, 4) is 0 Å². The minimum Gasteiger partial charge on any atom is -0.444 e. The molecular formula is C16H24N2O2. The van der Waals surface area contributed by atoms with Crippen molar-refractivity contribution in [1.82, 2.24) is 9.80 Å². The zero-order valence-electron chi connectivity index (χ0n) is 12.1. The van der Waals surface area contributed by atoms with Crippen molar-refractivity contribution in [2.24, 2.45) is 5.92 Å². The number of carbonyl (C=O) groups excluding carboxylic acids is 1. The van der Waals surface area contributed by atoms with Crippen LogP contribution in [0, 0.1) is 5.92 Å². The lowest BCUT2D eigenvalue weighted by molar-refractivity contribution is -0.0441. The van der Waals surface area contributed by atoms with Crippen LogP contribution in [0.4, 0.5) is 4.79 Å². The summed E-state index contributed by atoms with van der Waals surface area (Å²) >= 11 is 0. The molecule has 2 bridgehead atoms. The van der Waals surface area contributed by atoms with E-state index in [0.29, 0.717) is 5.92 Å². The van der Waals surface area contributed by atoms with Crippen LogP contribution >= 0.6 is 0 Å². The van der Waals surface area contributed by atoms with Crippen molar-refractivity contribution in [3.05, 3.63) is 11.1 Å². The van der Waals surface area contributed by atoms with E-state index in [0.717, 1.165) is 32.5 Å². The van der Waals surface area contributed by atoms with E-state index in [1.54, 1.807) is 11.1 Å². The summed E-state index contributed by atoms with van der Waals surface area (Å²) in [5.74, 6) is 0.609. The number of likely N-dealkylation sites (tertiary alicyclic amines) is 1. The molecule has 5 fully saturated rings. The Morgan fingerprint density at radius 3 is 2.15 bits per heavy atom. The number of carbonyl (C=O) groups is 1. The number of allylic oxidation sites excluding steroid dienone is 1. The van der Waals surface area contributed by atoms with Gasteiger partial charge in [-0.1, -0.05) is 11.1 Å². The number of nitrogens with zero attached hydrogens (tertiary/aromatic N) is 2. The van der Waals surface area contributed by atoms with Gasteiger partial charge in [0.15, 0.2) is 0 Å². The molecule has 1 amide bonds. The molecule has 4 aliphatic heterocycles. The maximum Gasteiger partial charge on any atom is 0.410 e. The van der Waals surface area contributed by atoms with Crippen molar-refractivity contribution >= 4 is 6.09 Å². The summed E-state index contributed by atoms with van der Waals surface area (Å²) in [5, 5.41) is 0. The summed E-state index contributed by atoms with van der Waals surface area (Å²) in [6, 6.07) is 0. The minimum atomic E-state index is -0.0661. The first-order valence-corrected chi connectivity index (χ1v) is 8.17. The third kappa shape index (κ3) is 2.46. The summed E-state index contributed by atoms with van der Waals surface area (Å²) in [6.07, 6.45) is 7.24. The highest BCUT2D eigenvalue weighted by molar-refractivity contribution is 5.68. The number of hydrogen-bond acceptors (Lipinski definition) is 3. The minimum absolute atomic E-state index is 0.0661. The SMILES string of the molecule is O=C(OC1CN2CCC1CC2)N1CCC(=C2CC2)CC1. The van der Waals surface area contributed by atoms with Crippen LogP contribution in [-0.4, -0.2) is 54.7 Å². The lowest BCUT2D eigenvalue weighted by Crippen LogP contribution is -2.53. The lowest BCUT2D eigenvalue weighted by atomic mass is 9.86. The number of ether oxygens (including phenoxy) is 1. The molecule has 0 N–H and O–H groups in total. The van der Waals surface area contributed by atoms with Gasteiger partial charge in [-0.3, -0.25) is 4.90 Å². The van der Waals surface area contributed by atoms with E-state index < -0.39 is 0 Å². The van der Waals surface area contributed by atoms with Crippen LogP contribution in [0.1, 0.15) is 38.5 Å². The van der Waals surface area contributed by atoms with Crippen LogP contribution < -0.4 is 0 Å². The smallest absolute Gasteiger partial charge is 0.410 e. The summed E-state index contributed by atoms with van der Waals surface area (Å²) in [6.45, 7) is 5.07. The fourth-order valence-electron chi connectivity index (χ4n) is 3.98. The lowest BCUT2D eigenvalue weighted by Gasteiger charge is -2.44. The molecule has 0 aromatic heterocycles. The predicted octanol–water partition coefficient (Wildman–Crippen LogP) is 2.40. The van der Waals surface area contributed by atoms with Gasteiger partial charge in [0.2, 0.25) is 0 Å². The van der Waals surface area contributed by atoms with Gasteiger partial charge in [0, 0.05) is 19.6 Å². The Hall–Kier alpha value is -1.03. The van der Waals surface area contributed by atoms with Crippen molar-refractivity contribution in [2.75, 3.05) is 32.7 Å². The Labute approximate surface area is 120 Å². The topological polar surface area (TPSA) is 32.8 Å². The van der Waals surface area contributed by atoms with Gasteiger partial charge < -0.3 is 9.64 Å². The van der Waals surface area contributed by atoms with Gasteiger partial charge >= 0.3 is 6.09 Å². The first-order chi connectivity index (χ1) is 9.79. The van der Waals surface area contributed by atoms with E-state index in [1.165, 1.54) is 38.8 Å². The standard InChI is InChI=1S/C16H24N2O2/c19-16(18-9-5-13(6-10-18)12-1-2-12)20-15-11-17-7-3-14(15)4-8-17/h14-15H,1-11H2. The highest BCUT2D eigenvalue weighted by Crippen LogP contribution is 2.36. The highest BCUT2D eigenvalue weighted by Gasteiger charge is 2.37. The molecule has 0 aromatic rings. The van der Waals surface area contributed by atoms with Gasteiger partial charge in [-0.05, 0) is 57.5 Å². The van der Waals surface area contributed by atoms with Crippen LogP contribution in [0.2, 0.25) is 0 Å². The third-order valence-corrected chi connectivity index (χ3v) is 5.47. The molecule has 20 heavy (non-hydrogen) atoms. The van der Waals surface area contributed by atoms with Gasteiger partial charge in [0.05, 0.1) is 0 Å². The summed E-state index contributed by atoms with van der Waals surface area (Å²) in [7, 11) is 0. The summed E-state index contributed by atoms with van der Waals surface area (Å²) in [5.41, 5.74) is 3.28. The molecule has 4 heterocycles. The average Bonchev–Trinajstić information content (AvgIpc) is 3.33. The fraction of sp³-hybridized carbons (Fsp3) is 0.812. The van der Waals surface area contributed by atoms with E-state index in [4.69, 9.17) is 4.74 Å². The zero-order chi connectivity index (χ0) is 13.5. The number of piperidine rings is 4. The second kappa shape index (κ2) is 5.06. The Balaban J connectivity index is 1.31. The molecule has 0 spiro atoms. The second-order valence-corrected chi connectivity index (χ2v) is 6.75. The molecule has 0 radical (unpaired) electrons. The van der Waals surface area contributed by atoms with Crippen LogP contribution in [-0.2, 0) is 4.74 Å². The largest absolute Gasteiger partial charge is 0.444 e. The zero-order valence-corrected chi connectivity index (χ0v) is 12.1. The quantitative estimate of drug-likeness (QED) is 0.689. The molecule has 5 rings (SSSR count). The molecule has 1 unspecified atom stereocenters. The van der Waals surface area contributed by atoms with Crippen molar-refractivity contribution in [1.29, 1.82) is 0 Å². The Morgan fingerprint density at radius 1 is 0.950 bits per heavy atom. The summed E-state index contributed by atoms with van der Waals surface area (Å²) in [4.78, 5) is 16.7. The van der Waals surface area contributed by atoms with Crippen LogP contribution in [0.5, 0.6) is 0 Å². The van der Waals surface area contributed by atoms with Crippen molar-refractivity contribution in [2.45, 2.75) is 44.6 Å². The number of amides is 1. The number of fused-ring (bicyclic) bond motifs is 3. The number of rotatable bonds is 1. The summed E-state index contributed by atoms with van der Waals surface area (Å²) < 4.78 is 5.81. The van der Waals surface area contributed by atoms with Gasteiger partial charge in [-0.15, -0.1) is 0 Å². The molecular weight excluding hydrogens is 252 g/mol. The van der Waals surface area contributed by atoms with E-state index in [9.17, 15) is 4.79 Å². The molecule has 4 heteroatoms. The maximum absolute atomic E-state index is 12.3. The number of hydrogen-bond donors (Lipinski definition) is 0. The van der Waals surface area contributed by atoms with Gasteiger partial charge in [-0.25, -0.2) is 4.79 Å². The highest BCUT2D eigenvalue weighted by atomic mass is 16.6. The van der Waals surface area contributed by atoms with E-state index in [2.05, 4.69) is 4.90 Å². The van der Waals surface area contributed by atoms with E-state index >= 15 is 0 Å². The van der Waals surface area contributed by atoms with E-state index in [-0.39, 0.29) is 12.2 Å². The van der Waals surface area contributed by atoms with Gasteiger partial charge in [0.25, 0.3) is 0 Å². The van der Waals surface area contributed by atoms with E-state index in [1.807, 2.05) is 4.90 Å². The van der Waals surface area contributed by atoms with Gasteiger partial charge in [-0.2, -0.15) is 0 Å². The Kier molecular flexibility index (Phi) is 3.21. The Bertz CT molecular complexity index is 422. The van der Waals surface area contributed by atoms with Crippen LogP contribution in [0.3, 0.4) is 0 Å². The third-order valence-electron chi connectivity index (χ3n) is 5.47. The molecule has 0 aromatic carbocycles. The second-order valence-electron chi connectivity index (χ2n) is 6.75. The average molecular weight is 276 g/mol. The molecule has 1 atom stereocenters. The normalized spacial score (nSPS) is 36.2. The molecule has 4 nitrogen and oxygen atoms in total. The molecule has 1 saturated carbocycles. The monoisotopic (exact) mass is 276 g/mol. The fourth-order valence-corrected chi connectivity index (χ4v) is 3.98. The van der Waals surface area contributed by atoms with Crippen LogP contribution in [0.25, 0.3) is 0 Å². The Morgan fingerprint density at radius 2 is 1.60 bits per heavy atom. The van der Waals surface area contributed by atoms with Crippen LogP contribution in [0.15, 0.2) is 11.1 Å². The van der Waals surface area contributed by atoms with Gasteiger partial charge in [0.1, 0.15) is 6.10 Å².